The first-order valence-corrected chi connectivity index (χ1v) is 5.56. The average Bonchev–Trinajstić information content (AvgIpc) is 2.74. The molecule has 1 amide bonds. The molecule has 0 aliphatic rings. The summed E-state index contributed by atoms with van der Waals surface area (Å²) in [5, 5.41) is 7.03. The molecular weight excluding hydrogens is 226 g/mol. The van der Waals surface area contributed by atoms with Crippen molar-refractivity contribution in [2.45, 2.75) is 20.8 Å². The number of anilines is 1. The van der Waals surface area contributed by atoms with Crippen molar-refractivity contribution >= 4 is 22.4 Å². The van der Waals surface area contributed by atoms with Crippen molar-refractivity contribution in [1.29, 1.82) is 0 Å². The average molecular weight is 237 g/mol. The molecule has 2 heterocycles. The number of aromatic nitrogens is 2. The summed E-state index contributed by atoms with van der Waals surface area (Å²) in [4.78, 5) is 17.0. The van der Waals surface area contributed by atoms with Crippen LogP contribution in [-0.2, 0) is 0 Å². The van der Waals surface area contributed by atoms with Crippen molar-refractivity contribution in [3.63, 3.8) is 0 Å². The summed E-state index contributed by atoms with van der Waals surface area (Å²) in [7, 11) is 0. The van der Waals surface area contributed by atoms with Crippen LogP contribution in [0.1, 0.15) is 26.7 Å². The van der Waals surface area contributed by atoms with Crippen molar-refractivity contribution in [1.82, 2.24) is 10.1 Å². The number of hydrogen-bond acceptors (Lipinski definition) is 5. The predicted octanol–water partition coefficient (Wildman–Crippen LogP) is 2.31. The monoisotopic (exact) mass is 237 g/mol. The second kappa shape index (κ2) is 4.05. The molecule has 2 rings (SSSR count). The number of amides is 1. The Labute approximate surface area is 96.5 Å². The number of nitrogens with zero attached hydrogens (tertiary/aromatic N) is 2. The molecule has 0 saturated heterocycles. The zero-order chi connectivity index (χ0) is 11.7. The van der Waals surface area contributed by atoms with E-state index in [1.807, 2.05) is 6.92 Å². The fourth-order valence-corrected chi connectivity index (χ4v) is 2.04. The molecule has 0 spiro atoms. The van der Waals surface area contributed by atoms with Gasteiger partial charge in [0.25, 0.3) is 5.91 Å². The Morgan fingerprint density at radius 1 is 1.44 bits per heavy atom. The molecule has 2 aromatic rings. The summed E-state index contributed by atoms with van der Waals surface area (Å²) >= 11 is 1.43. The van der Waals surface area contributed by atoms with Crippen molar-refractivity contribution in [3.05, 3.63) is 28.1 Å². The van der Waals surface area contributed by atoms with Crippen LogP contribution in [0.3, 0.4) is 0 Å². The molecule has 16 heavy (non-hydrogen) atoms. The fourth-order valence-electron chi connectivity index (χ4n) is 1.38. The Kier molecular flexibility index (Phi) is 2.74. The van der Waals surface area contributed by atoms with Crippen molar-refractivity contribution in [2.75, 3.05) is 5.32 Å². The number of carbonyl (C=O) groups excluding carboxylic acids is 1. The summed E-state index contributed by atoms with van der Waals surface area (Å²) in [5.74, 6) is 0.286. The third-order valence-corrected chi connectivity index (χ3v) is 2.93. The number of rotatable bonds is 2. The SMILES string of the molecule is Cc1cnc(NC(=O)c2c(C)noc2C)s1. The third kappa shape index (κ3) is 1.96. The largest absolute Gasteiger partial charge is 0.361 e. The van der Waals surface area contributed by atoms with E-state index in [-0.39, 0.29) is 5.91 Å². The van der Waals surface area contributed by atoms with Gasteiger partial charge in [-0.2, -0.15) is 0 Å². The van der Waals surface area contributed by atoms with Crippen LogP contribution >= 0.6 is 11.3 Å². The number of aryl methyl sites for hydroxylation is 3. The van der Waals surface area contributed by atoms with E-state index in [0.29, 0.717) is 22.1 Å². The van der Waals surface area contributed by atoms with E-state index in [4.69, 9.17) is 4.52 Å². The van der Waals surface area contributed by atoms with Gasteiger partial charge in [0.15, 0.2) is 5.13 Å². The molecule has 0 saturated carbocycles. The van der Waals surface area contributed by atoms with Crippen LogP contribution in [0.2, 0.25) is 0 Å². The molecule has 0 aliphatic carbocycles. The summed E-state index contributed by atoms with van der Waals surface area (Å²) in [6, 6.07) is 0. The highest BCUT2D eigenvalue weighted by Crippen LogP contribution is 2.19. The Morgan fingerprint density at radius 2 is 2.19 bits per heavy atom. The van der Waals surface area contributed by atoms with E-state index in [2.05, 4.69) is 15.5 Å². The maximum atomic E-state index is 11.9. The summed E-state index contributed by atoms with van der Waals surface area (Å²) in [5.41, 5.74) is 1.07. The zero-order valence-corrected chi connectivity index (χ0v) is 10.0. The first-order chi connectivity index (χ1) is 7.58. The third-order valence-electron chi connectivity index (χ3n) is 2.10. The topological polar surface area (TPSA) is 68.0 Å². The van der Waals surface area contributed by atoms with Gasteiger partial charge in [0, 0.05) is 11.1 Å². The van der Waals surface area contributed by atoms with Crippen molar-refractivity contribution in [2.24, 2.45) is 0 Å². The molecule has 0 fully saturated rings. The van der Waals surface area contributed by atoms with Gasteiger partial charge in [-0.05, 0) is 20.8 Å². The molecular formula is C10H11N3O2S. The highest BCUT2D eigenvalue weighted by atomic mass is 32.1. The van der Waals surface area contributed by atoms with Gasteiger partial charge >= 0.3 is 0 Å². The van der Waals surface area contributed by atoms with Crippen LogP contribution in [0.5, 0.6) is 0 Å². The smallest absolute Gasteiger partial charge is 0.262 e. The lowest BCUT2D eigenvalue weighted by Crippen LogP contribution is -2.13. The molecule has 84 valence electrons. The first kappa shape index (κ1) is 10.8. The quantitative estimate of drug-likeness (QED) is 0.870. The lowest BCUT2D eigenvalue weighted by Gasteiger charge is -1.99. The minimum Gasteiger partial charge on any atom is -0.361 e. The van der Waals surface area contributed by atoms with Crippen molar-refractivity contribution in [3.8, 4) is 0 Å². The van der Waals surface area contributed by atoms with E-state index in [1.54, 1.807) is 20.0 Å². The highest BCUT2D eigenvalue weighted by molar-refractivity contribution is 7.15. The van der Waals surface area contributed by atoms with E-state index < -0.39 is 0 Å². The Bertz CT molecular complexity index is 510. The number of nitrogens with one attached hydrogen (secondary N) is 1. The van der Waals surface area contributed by atoms with E-state index >= 15 is 0 Å². The van der Waals surface area contributed by atoms with Gasteiger partial charge in [0.2, 0.25) is 0 Å². The molecule has 0 radical (unpaired) electrons. The molecule has 0 unspecified atom stereocenters. The predicted molar refractivity (Wildman–Crippen MR) is 60.8 cm³/mol. The van der Waals surface area contributed by atoms with E-state index in [9.17, 15) is 4.79 Å². The van der Waals surface area contributed by atoms with Crippen LogP contribution in [0, 0.1) is 20.8 Å². The number of carbonyl (C=O) groups is 1. The lowest BCUT2D eigenvalue weighted by molar-refractivity contribution is 0.102. The first-order valence-electron chi connectivity index (χ1n) is 4.74. The molecule has 5 nitrogen and oxygen atoms in total. The highest BCUT2D eigenvalue weighted by Gasteiger charge is 2.18. The minimum absolute atomic E-state index is 0.231. The number of hydrogen-bond donors (Lipinski definition) is 1. The maximum absolute atomic E-state index is 11.9. The number of thiazole rings is 1. The van der Waals surface area contributed by atoms with Gasteiger partial charge in [0.05, 0.1) is 5.69 Å². The van der Waals surface area contributed by atoms with Gasteiger partial charge in [-0.15, -0.1) is 11.3 Å². The molecule has 0 atom stereocenters. The van der Waals surface area contributed by atoms with Crippen LogP contribution in [0.4, 0.5) is 5.13 Å². The summed E-state index contributed by atoms with van der Waals surface area (Å²) in [6.45, 7) is 5.38. The lowest BCUT2D eigenvalue weighted by atomic mass is 10.2. The Hall–Kier alpha value is -1.69. The summed E-state index contributed by atoms with van der Waals surface area (Å²) in [6.07, 6.45) is 1.72. The molecule has 0 bridgehead atoms. The van der Waals surface area contributed by atoms with Gasteiger partial charge in [-0.3, -0.25) is 10.1 Å². The molecule has 1 N–H and O–H groups in total. The maximum Gasteiger partial charge on any atom is 0.262 e. The molecule has 0 aromatic carbocycles. The second-order valence-corrected chi connectivity index (χ2v) is 4.66. The van der Waals surface area contributed by atoms with Gasteiger partial charge in [-0.25, -0.2) is 4.98 Å². The van der Waals surface area contributed by atoms with Crippen LogP contribution in [0.25, 0.3) is 0 Å². The summed E-state index contributed by atoms with van der Waals surface area (Å²) < 4.78 is 4.93. The van der Waals surface area contributed by atoms with Crippen LogP contribution < -0.4 is 5.32 Å². The van der Waals surface area contributed by atoms with Crippen LogP contribution in [-0.4, -0.2) is 16.0 Å². The fraction of sp³-hybridized carbons (Fsp3) is 0.300. The zero-order valence-electron chi connectivity index (χ0n) is 9.20. The normalized spacial score (nSPS) is 10.4. The Morgan fingerprint density at radius 3 is 2.69 bits per heavy atom. The molecule has 0 aliphatic heterocycles. The van der Waals surface area contributed by atoms with Gasteiger partial charge in [-0.1, -0.05) is 5.16 Å². The minimum atomic E-state index is -0.231. The Balaban J connectivity index is 2.21. The molecule has 2 aromatic heterocycles. The van der Waals surface area contributed by atoms with Gasteiger partial charge < -0.3 is 4.52 Å². The van der Waals surface area contributed by atoms with Gasteiger partial charge in [0.1, 0.15) is 11.3 Å². The second-order valence-electron chi connectivity index (χ2n) is 3.43. The standard InChI is InChI=1S/C10H11N3O2S/c1-5-4-11-10(16-5)12-9(14)8-6(2)13-15-7(8)3/h4H,1-3H3,(H,11,12,14). The van der Waals surface area contributed by atoms with E-state index in [1.165, 1.54) is 11.3 Å². The van der Waals surface area contributed by atoms with Crippen molar-refractivity contribution < 1.29 is 9.32 Å². The molecule has 6 heteroatoms. The van der Waals surface area contributed by atoms with E-state index in [0.717, 1.165) is 4.88 Å². The van der Waals surface area contributed by atoms with Crippen LogP contribution in [0.15, 0.2) is 10.7 Å².